The zero-order valence-corrected chi connectivity index (χ0v) is 16.4. The number of amides is 1. The number of Topliss-reactive ketones (excluding diaryl/α,β-unsaturated/α-hetero) is 1. The van der Waals surface area contributed by atoms with E-state index >= 15 is 0 Å². The van der Waals surface area contributed by atoms with Gasteiger partial charge in [-0.3, -0.25) is 14.4 Å². The van der Waals surface area contributed by atoms with Crippen LogP contribution in [0.2, 0.25) is 0 Å². The standard InChI is InChI=1S/C23H31NO3/c1-2-3-4-5-6-7-8-9-10-13-16-24-23(27)20-17-21(25)18-14-11-12-15-19(18)22(20)26/h11-12,14-15,17H,2-10,13,16H2,1H3,(H,24,27). The molecular weight excluding hydrogens is 338 g/mol. The number of unbranched alkanes of at least 4 members (excludes halogenated alkanes) is 9. The maximum absolute atomic E-state index is 12.4. The molecule has 0 saturated heterocycles. The Morgan fingerprint density at radius 1 is 0.815 bits per heavy atom. The van der Waals surface area contributed by atoms with E-state index < -0.39 is 5.91 Å². The lowest BCUT2D eigenvalue weighted by atomic mass is 9.89. The molecule has 0 spiro atoms. The summed E-state index contributed by atoms with van der Waals surface area (Å²) in [6, 6.07) is 6.63. The molecule has 1 amide bonds. The van der Waals surface area contributed by atoms with E-state index in [0.29, 0.717) is 17.7 Å². The monoisotopic (exact) mass is 369 g/mol. The Labute approximate surface area is 162 Å². The van der Waals surface area contributed by atoms with E-state index in [1.807, 2.05) is 0 Å². The van der Waals surface area contributed by atoms with Crippen LogP contribution in [0.4, 0.5) is 0 Å². The summed E-state index contributed by atoms with van der Waals surface area (Å²) in [4.78, 5) is 36.8. The number of nitrogens with one attached hydrogen (secondary N) is 1. The molecule has 0 bridgehead atoms. The van der Waals surface area contributed by atoms with Gasteiger partial charge in [-0.25, -0.2) is 0 Å². The number of carbonyl (C=O) groups is 3. The van der Waals surface area contributed by atoms with Gasteiger partial charge in [0.15, 0.2) is 11.6 Å². The van der Waals surface area contributed by atoms with Gasteiger partial charge >= 0.3 is 0 Å². The Bertz CT molecular complexity index is 691. The highest BCUT2D eigenvalue weighted by Gasteiger charge is 2.28. The summed E-state index contributed by atoms with van der Waals surface area (Å²) in [5.74, 6) is -1.10. The lowest BCUT2D eigenvalue weighted by Gasteiger charge is -2.14. The van der Waals surface area contributed by atoms with Crippen molar-refractivity contribution in [2.45, 2.75) is 71.1 Å². The SMILES string of the molecule is CCCCCCCCCCCCNC(=O)C1=CC(=O)c2ccccc2C1=O. The highest BCUT2D eigenvalue weighted by molar-refractivity contribution is 6.34. The first-order valence-corrected chi connectivity index (χ1v) is 10.3. The molecular formula is C23H31NO3. The summed E-state index contributed by atoms with van der Waals surface area (Å²) < 4.78 is 0. The van der Waals surface area contributed by atoms with Crippen molar-refractivity contribution in [1.82, 2.24) is 5.32 Å². The first-order valence-electron chi connectivity index (χ1n) is 10.3. The van der Waals surface area contributed by atoms with E-state index in [1.54, 1.807) is 24.3 Å². The van der Waals surface area contributed by atoms with Crippen LogP contribution in [0.3, 0.4) is 0 Å². The van der Waals surface area contributed by atoms with Crippen molar-refractivity contribution in [3.63, 3.8) is 0 Å². The van der Waals surface area contributed by atoms with E-state index in [9.17, 15) is 14.4 Å². The molecule has 27 heavy (non-hydrogen) atoms. The molecule has 4 heteroatoms. The van der Waals surface area contributed by atoms with Gasteiger partial charge in [-0.15, -0.1) is 0 Å². The van der Waals surface area contributed by atoms with E-state index in [1.165, 1.54) is 57.4 Å². The third-order valence-corrected chi connectivity index (χ3v) is 5.02. The number of rotatable bonds is 12. The number of ketones is 2. The molecule has 1 aliphatic rings. The minimum absolute atomic E-state index is 0.0502. The molecule has 1 N–H and O–H groups in total. The van der Waals surface area contributed by atoms with Crippen molar-refractivity contribution in [2.75, 3.05) is 6.54 Å². The second-order valence-electron chi connectivity index (χ2n) is 7.23. The van der Waals surface area contributed by atoms with Crippen molar-refractivity contribution < 1.29 is 14.4 Å². The summed E-state index contributed by atoms with van der Waals surface area (Å²) >= 11 is 0. The van der Waals surface area contributed by atoms with Crippen LogP contribution in [0.15, 0.2) is 35.9 Å². The average Bonchev–Trinajstić information content (AvgIpc) is 2.68. The van der Waals surface area contributed by atoms with Gasteiger partial charge in [-0.05, 0) is 6.42 Å². The van der Waals surface area contributed by atoms with E-state index in [-0.39, 0.29) is 17.1 Å². The molecule has 0 saturated carbocycles. The first-order chi connectivity index (χ1) is 13.1. The molecule has 1 aliphatic carbocycles. The second-order valence-corrected chi connectivity index (χ2v) is 7.23. The predicted molar refractivity (Wildman–Crippen MR) is 108 cm³/mol. The minimum atomic E-state index is -0.446. The van der Waals surface area contributed by atoms with Crippen LogP contribution >= 0.6 is 0 Å². The number of carbonyl (C=O) groups excluding carboxylic acids is 3. The van der Waals surface area contributed by atoms with Crippen molar-refractivity contribution in [2.24, 2.45) is 0 Å². The van der Waals surface area contributed by atoms with Crippen LogP contribution < -0.4 is 5.32 Å². The topological polar surface area (TPSA) is 63.2 Å². The zero-order chi connectivity index (χ0) is 19.5. The lowest BCUT2D eigenvalue weighted by molar-refractivity contribution is -0.117. The summed E-state index contributed by atoms with van der Waals surface area (Å²) in [6.45, 7) is 2.77. The minimum Gasteiger partial charge on any atom is -0.352 e. The summed E-state index contributed by atoms with van der Waals surface area (Å²) in [5.41, 5.74) is 0.633. The molecule has 0 aromatic heterocycles. The maximum Gasteiger partial charge on any atom is 0.255 e. The molecule has 0 radical (unpaired) electrons. The van der Waals surface area contributed by atoms with Crippen LogP contribution in [-0.2, 0) is 4.79 Å². The number of allylic oxidation sites excluding steroid dienone is 1. The molecule has 1 aromatic carbocycles. The van der Waals surface area contributed by atoms with Crippen LogP contribution in [0, 0.1) is 0 Å². The van der Waals surface area contributed by atoms with Crippen molar-refractivity contribution in [1.29, 1.82) is 0 Å². The Hall–Kier alpha value is -2.23. The van der Waals surface area contributed by atoms with Crippen LogP contribution in [0.5, 0.6) is 0 Å². The average molecular weight is 370 g/mol. The number of hydrogen-bond acceptors (Lipinski definition) is 3. The molecule has 0 heterocycles. The molecule has 4 nitrogen and oxygen atoms in total. The fourth-order valence-corrected chi connectivity index (χ4v) is 3.39. The Morgan fingerprint density at radius 2 is 1.37 bits per heavy atom. The molecule has 0 fully saturated rings. The summed E-state index contributed by atoms with van der Waals surface area (Å²) in [7, 11) is 0. The van der Waals surface area contributed by atoms with Crippen LogP contribution in [-0.4, -0.2) is 24.0 Å². The molecule has 146 valence electrons. The van der Waals surface area contributed by atoms with E-state index in [2.05, 4.69) is 12.2 Å². The van der Waals surface area contributed by atoms with Crippen molar-refractivity contribution in [3.05, 3.63) is 47.0 Å². The summed E-state index contributed by atoms with van der Waals surface area (Å²) in [5, 5.41) is 2.78. The first kappa shape index (κ1) is 21.1. The summed E-state index contributed by atoms with van der Waals surface area (Å²) in [6.07, 6.45) is 13.5. The number of fused-ring (bicyclic) bond motifs is 1. The van der Waals surface area contributed by atoms with Crippen LogP contribution in [0.1, 0.15) is 91.8 Å². The van der Waals surface area contributed by atoms with Gasteiger partial charge in [0, 0.05) is 23.7 Å². The molecule has 1 aromatic rings. The fourth-order valence-electron chi connectivity index (χ4n) is 3.39. The molecule has 0 unspecified atom stereocenters. The highest BCUT2D eigenvalue weighted by atomic mass is 16.2. The highest BCUT2D eigenvalue weighted by Crippen LogP contribution is 2.21. The Balaban J connectivity index is 1.63. The van der Waals surface area contributed by atoms with E-state index in [0.717, 1.165) is 12.8 Å². The molecule has 0 atom stereocenters. The van der Waals surface area contributed by atoms with E-state index in [4.69, 9.17) is 0 Å². The van der Waals surface area contributed by atoms with Gasteiger partial charge in [0.05, 0.1) is 5.57 Å². The quantitative estimate of drug-likeness (QED) is 0.415. The zero-order valence-electron chi connectivity index (χ0n) is 16.4. The van der Waals surface area contributed by atoms with Gasteiger partial charge in [-0.1, -0.05) is 89.0 Å². The number of benzene rings is 1. The largest absolute Gasteiger partial charge is 0.352 e. The smallest absolute Gasteiger partial charge is 0.255 e. The fraction of sp³-hybridized carbons (Fsp3) is 0.522. The van der Waals surface area contributed by atoms with Gasteiger partial charge in [-0.2, -0.15) is 0 Å². The van der Waals surface area contributed by atoms with Gasteiger partial charge in [0.2, 0.25) is 0 Å². The Kier molecular flexibility index (Phi) is 8.96. The normalized spacial score (nSPS) is 13.3. The van der Waals surface area contributed by atoms with Crippen LogP contribution in [0.25, 0.3) is 0 Å². The third-order valence-electron chi connectivity index (χ3n) is 5.02. The van der Waals surface area contributed by atoms with Gasteiger partial charge in [0.25, 0.3) is 5.91 Å². The third kappa shape index (κ3) is 6.46. The Morgan fingerprint density at radius 3 is 2.00 bits per heavy atom. The van der Waals surface area contributed by atoms with Crippen molar-refractivity contribution >= 4 is 17.5 Å². The molecule has 2 rings (SSSR count). The van der Waals surface area contributed by atoms with Crippen molar-refractivity contribution in [3.8, 4) is 0 Å². The van der Waals surface area contributed by atoms with Gasteiger partial charge in [0.1, 0.15) is 0 Å². The number of hydrogen-bond donors (Lipinski definition) is 1. The maximum atomic E-state index is 12.4. The predicted octanol–water partition coefficient (Wildman–Crippen LogP) is 5.03. The second kappa shape index (κ2) is 11.5. The lowest BCUT2D eigenvalue weighted by Crippen LogP contribution is -2.32. The molecule has 0 aliphatic heterocycles. The van der Waals surface area contributed by atoms with Gasteiger partial charge < -0.3 is 5.32 Å².